The van der Waals surface area contributed by atoms with Gasteiger partial charge < -0.3 is 15.1 Å². The molecule has 3 heterocycles. The second-order valence-corrected chi connectivity index (χ2v) is 8.34. The summed E-state index contributed by atoms with van der Waals surface area (Å²) in [4.78, 5) is 46.7. The number of hydrogen-bond donors (Lipinski definition) is 1. The first-order chi connectivity index (χ1) is 16.1. The molecule has 5 rings (SSSR count). The molecule has 1 saturated heterocycles. The Morgan fingerprint density at radius 2 is 1.88 bits per heavy atom. The first-order valence-corrected chi connectivity index (χ1v) is 11.1. The number of carbonyl (C=O) groups is 3. The smallest absolute Gasteiger partial charge is 0.256 e. The maximum absolute atomic E-state index is 13.5. The van der Waals surface area contributed by atoms with E-state index in [1.54, 1.807) is 40.4 Å². The van der Waals surface area contributed by atoms with Crippen LogP contribution in [0, 0.1) is 0 Å². The molecule has 2 aliphatic heterocycles. The molecule has 1 N–H and O–H groups in total. The van der Waals surface area contributed by atoms with Crippen molar-refractivity contribution < 1.29 is 14.4 Å². The number of para-hydroxylation sites is 1. The van der Waals surface area contributed by atoms with Gasteiger partial charge >= 0.3 is 0 Å². The van der Waals surface area contributed by atoms with Gasteiger partial charge in [-0.25, -0.2) is 0 Å². The lowest BCUT2D eigenvalue weighted by Crippen LogP contribution is -2.44. The molecule has 2 aromatic carbocycles. The number of aromatic nitrogens is 1. The molecule has 3 amide bonds. The van der Waals surface area contributed by atoms with Gasteiger partial charge in [-0.3, -0.25) is 19.4 Å². The second-order valence-electron chi connectivity index (χ2n) is 8.34. The van der Waals surface area contributed by atoms with Crippen molar-refractivity contribution in [3.63, 3.8) is 0 Å². The molecule has 1 fully saturated rings. The lowest BCUT2D eigenvalue weighted by molar-refractivity contribution is -0.122. The maximum atomic E-state index is 13.5. The number of hydrogen-bond acceptors (Lipinski definition) is 4. The van der Waals surface area contributed by atoms with Gasteiger partial charge in [0.1, 0.15) is 6.04 Å². The molecular formula is C26H24N4O3. The minimum absolute atomic E-state index is 0.0720. The molecule has 0 spiro atoms. The van der Waals surface area contributed by atoms with Crippen molar-refractivity contribution in [2.24, 2.45) is 0 Å². The molecule has 1 unspecified atom stereocenters. The van der Waals surface area contributed by atoms with E-state index in [1.807, 2.05) is 42.5 Å². The van der Waals surface area contributed by atoms with Crippen LogP contribution in [0.4, 0.5) is 5.69 Å². The van der Waals surface area contributed by atoms with Gasteiger partial charge in [0.15, 0.2) is 0 Å². The highest BCUT2D eigenvalue weighted by molar-refractivity contribution is 6.11. The molecular weight excluding hydrogens is 416 g/mol. The summed E-state index contributed by atoms with van der Waals surface area (Å²) in [6.45, 7) is 1.27. The average Bonchev–Trinajstić information content (AvgIpc) is 3.33. The molecule has 1 aromatic heterocycles. The standard InChI is InChI=1S/C26H24N4O3/c31-24(28-16-19-7-4-12-27-15-19)20-8-3-6-18(14-20)17-30-22-10-2-1-9-21(22)25(32)29-13-5-11-23(29)26(30)33/h1-4,6-10,12,14-15,23H,5,11,13,16-17H2,(H,28,31). The first kappa shape index (κ1) is 20.9. The van der Waals surface area contributed by atoms with Gasteiger partial charge in [-0.15, -0.1) is 0 Å². The Balaban J connectivity index is 1.39. The predicted molar refractivity (Wildman–Crippen MR) is 124 cm³/mol. The van der Waals surface area contributed by atoms with Gasteiger partial charge in [0.05, 0.1) is 17.8 Å². The van der Waals surface area contributed by atoms with Gasteiger partial charge in [0.25, 0.3) is 11.8 Å². The van der Waals surface area contributed by atoms with E-state index >= 15 is 0 Å². The third-order valence-corrected chi connectivity index (χ3v) is 6.20. The molecule has 0 saturated carbocycles. The van der Waals surface area contributed by atoms with Crippen LogP contribution < -0.4 is 10.2 Å². The van der Waals surface area contributed by atoms with Gasteiger partial charge in [-0.2, -0.15) is 0 Å². The Morgan fingerprint density at radius 3 is 2.73 bits per heavy atom. The Labute approximate surface area is 192 Å². The van der Waals surface area contributed by atoms with E-state index in [1.165, 1.54) is 0 Å². The zero-order valence-corrected chi connectivity index (χ0v) is 18.1. The van der Waals surface area contributed by atoms with Crippen molar-refractivity contribution in [2.75, 3.05) is 11.4 Å². The summed E-state index contributed by atoms with van der Waals surface area (Å²) in [5, 5.41) is 2.91. The summed E-state index contributed by atoms with van der Waals surface area (Å²) >= 11 is 0. The molecule has 0 aliphatic carbocycles. The van der Waals surface area contributed by atoms with E-state index in [-0.39, 0.29) is 24.3 Å². The fourth-order valence-electron chi connectivity index (χ4n) is 4.55. The van der Waals surface area contributed by atoms with E-state index in [2.05, 4.69) is 10.3 Å². The van der Waals surface area contributed by atoms with Gasteiger partial charge in [0.2, 0.25) is 5.91 Å². The number of amides is 3. The van der Waals surface area contributed by atoms with Crippen molar-refractivity contribution in [3.05, 3.63) is 95.3 Å². The minimum Gasteiger partial charge on any atom is -0.348 e. The van der Waals surface area contributed by atoms with Crippen molar-refractivity contribution in [1.82, 2.24) is 15.2 Å². The maximum Gasteiger partial charge on any atom is 0.256 e. The quantitative estimate of drug-likeness (QED) is 0.661. The van der Waals surface area contributed by atoms with Crippen LogP contribution in [0.5, 0.6) is 0 Å². The largest absolute Gasteiger partial charge is 0.348 e. The molecule has 0 bridgehead atoms. The van der Waals surface area contributed by atoms with Crippen molar-refractivity contribution in [3.8, 4) is 0 Å². The van der Waals surface area contributed by atoms with E-state index in [0.717, 1.165) is 17.5 Å². The number of benzene rings is 2. The van der Waals surface area contributed by atoms with Crippen LogP contribution in [0.1, 0.15) is 44.7 Å². The highest BCUT2D eigenvalue weighted by Crippen LogP contribution is 2.33. The summed E-state index contributed by atoms with van der Waals surface area (Å²) in [5.41, 5.74) is 3.42. The number of pyridine rings is 1. The molecule has 3 aromatic rings. The fraction of sp³-hybridized carbons (Fsp3) is 0.231. The molecule has 1 atom stereocenters. The average molecular weight is 441 g/mol. The normalized spacial score (nSPS) is 17.4. The lowest BCUT2D eigenvalue weighted by atomic mass is 10.1. The van der Waals surface area contributed by atoms with Crippen LogP contribution in [-0.2, 0) is 17.9 Å². The second kappa shape index (κ2) is 8.86. The van der Waals surface area contributed by atoms with Gasteiger partial charge in [-0.05, 0) is 54.3 Å². The number of anilines is 1. The summed E-state index contributed by atoms with van der Waals surface area (Å²) in [6, 6.07) is 17.8. The Morgan fingerprint density at radius 1 is 1.03 bits per heavy atom. The summed E-state index contributed by atoms with van der Waals surface area (Å²) < 4.78 is 0. The summed E-state index contributed by atoms with van der Waals surface area (Å²) in [7, 11) is 0. The van der Waals surface area contributed by atoms with E-state index in [4.69, 9.17) is 0 Å². The van der Waals surface area contributed by atoms with Gasteiger partial charge in [0, 0.05) is 31.0 Å². The monoisotopic (exact) mass is 440 g/mol. The number of fused-ring (bicyclic) bond motifs is 2. The Kier molecular flexibility index (Phi) is 5.60. The van der Waals surface area contributed by atoms with Crippen molar-refractivity contribution >= 4 is 23.4 Å². The third-order valence-electron chi connectivity index (χ3n) is 6.20. The summed E-state index contributed by atoms with van der Waals surface area (Å²) in [6.07, 6.45) is 4.90. The zero-order chi connectivity index (χ0) is 22.8. The topological polar surface area (TPSA) is 82.6 Å². The summed E-state index contributed by atoms with van der Waals surface area (Å²) in [5.74, 6) is -0.356. The lowest BCUT2D eigenvalue weighted by Gasteiger charge is -2.26. The number of rotatable bonds is 5. The number of carbonyl (C=O) groups excluding carboxylic acids is 3. The SMILES string of the molecule is O=C(NCc1cccnc1)c1cccc(CN2C(=O)C3CCCN3C(=O)c3ccccc32)c1. The number of nitrogens with one attached hydrogen (secondary N) is 1. The highest BCUT2D eigenvalue weighted by Gasteiger charge is 2.41. The van der Waals surface area contributed by atoms with Gasteiger partial charge in [-0.1, -0.05) is 30.3 Å². The predicted octanol–water partition coefficient (Wildman–Crippen LogP) is 3.16. The Hall–Kier alpha value is -4.00. The number of nitrogens with zero attached hydrogens (tertiary/aromatic N) is 3. The Bertz CT molecular complexity index is 1210. The molecule has 0 radical (unpaired) electrons. The third kappa shape index (κ3) is 4.09. The molecule has 7 heteroatoms. The van der Waals surface area contributed by atoms with Crippen LogP contribution in [0.3, 0.4) is 0 Å². The first-order valence-electron chi connectivity index (χ1n) is 11.1. The van der Waals surface area contributed by atoms with E-state index in [9.17, 15) is 14.4 Å². The van der Waals surface area contributed by atoms with Crippen LogP contribution >= 0.6 is 0 Å². The van der Waals surface area contributed by atoms with Crippen LogP contribution in [0.15, 0.2) is 73.1 Å². The van der Waals surface area contributed by atoms with Crippen LogP contribution in [0.25, 0.3) is 0 Å². The van der Waals surface area contributed by atoms with Crippen molar-refractivity contribution in [1.29, 1.82) is 0 Å². The van der Waals surface area contributed by atoms with E-state index in [0.29, 0.717) is 36.3 Å². The van der Waals surface area contributed by atoms with Crippen LogP contribution in [-0.4, -0.2) is 40.2 Å². The van der Waals surface area contributed by atoms with E-state index < -0.39 is 6.04 Å². The molecule has 7 nitrogen and oxygen atoms in total. The zero-order valence-electron chi connectivity index (χ0n) is 18.1. The fourth-order valence-corrected chi connectivity index (χ4v) is 4.55. The molecule has 2 aliphatic rings. The molecule has 166 valence electrons. The van der Waals surface area contributed by atoms with Crippen LogP contribution in [0.2, 0.25) is 0 Å². The molecule has 33 heavy (non-hydrogen) atoms. The highest BCUT2D eigenvalue weighted by atomic mass is 16.2. The van der Waals surface area contributed by atoms with Crippen molar-refractivity contribution in [2.45, 2.75) is 32.0 Å². The minimum atomic E-state index is -0.434.